The molecule has 3 aromatic rings. The molecular weight excluding hydrogens is 378 g/mol. The van der Waals surface area contributed by atoms with E-state index in [2.05, 4.69) is 35.2 Å². The van der Waals surface area contributed by atoms with E-state index >= 15 is 0 Å². The van der Waals surface area contributed by atoms with Crippen LogP contribution in [0.5, 0.6) is 5.75 Å². The van der Waals surface area contributed by atoms with Crippen molar-refractivity contribution in [3.63, 3.8) is 0 Å². The molecule has 0 bridgehead atoms. The lowest BCUT2D eigenvalue weighted by Gasteiger charge is -2.26. The summed E-state index contributed by atoms with van der Waals surface area (Å²) >= 11 is 5.62. The average Bonchev–Trinajstić information content (AvgIpc) is 3.06. The van der Waals surface area contributed by atoms with E-state index in [9.17, 15) is 5.11 Å². The van der Waals surface area contributed by atoms with Gasteiger partial charge in [-0.05, 0) is 55.3 Å². The van der Waals surface area contributed by atoms with Crippen LogP contribution in [0.25, 0.3) is 21.6 Å². The second-order valence-corrected chi connectivity index (χ2v) is 9.52. The minimum absolute atomic E-state index is 0.388. The van der Waals surface area contributed by atoms with E-state index in [0.717, 1.165) is 45.7 Å². The van der Waals surface area contributed by atoms with Crippen LogP contribution in [0.1, 0.15) is 24.8 Å². The number of aromatic hydroxyl groups is 1. The lowest BCUT2D eigenvalue weighted by molar-refractivity contribution is 0.218. The summed E-state index contributed by atoms with van der Waals surface area (Å²) in [4.78, 5) is 3.64. The molecule has 1 aromatic heterocycles. The third kappa shape index (κ3) is 3.76. The van der Waals surface area contributed by atoms with Crippen molar-refractivity contribution in [2.24, 2.45) is 0 Å². The van der Waals surface area contributed by atoms with Gasteiger partial charge in [-0.2, -0.15) is 0 Å². The summed E-state index contributed by atoms with van der Waals surface area (Å²) in [5.41, 5.74) is 4.46. The van der Waals surface area contributed by atoms with Gasteiger partial charge in [-0.1, -0.05) is 69.7 Å². The van der Waals surface area contributed by atoms with Gasteiger partial charge in [0.2, 0.25) is 0 Å². The van der Waals surface area contributed by atoms with E-state index in [-0.39, 0.29) is 0 Å². The van der Waals surface area contributed by atoms with Crippen LogP contribution in [0.2, 0.25) is 0 Å². The number of nitrogens with zero attached hydrogens (tertiary/aromatic N) is 1. The maximum atomic E-state index is 10.4. The number of benzene rings is 2. The van der Waals surface area contributed by atoms with Crippen LogP contribution >= 0.6 is 32.9 Å². The average molecular weight is 400 g/mol. The molecule has 1 saturated heterocycles. The third-order valence-electron chi connectivity index (χ3n) is 4.88. The smallest absolute Gasteiger partial charge is 0.120 e. The zero-order valence-corrected chi connectivity index (χ0v) is 16.9. The van der Waals surface area contributed by atoms with Crippen LogP contribution in [0.15, 0.2) is 48.5 Å². The highest BCUT2D eigenvalue weighted by molar-refractivity contribution is 7.80. The Hall–Kier alpha value is -1.53. The van der Waals surface area contributed by atoms with Crippen molar-refractivity contribution in [2.45, 2.75) is 25.8 Å². The van der Waals surface area contributed by atoms with Gasteiger partial charge in [0, 0.05) is 17.7 Å². The van der Waals surface area contributed by atoms with Crippen LogP contribution in [0, 0.1) is 3.82 Å². The quantitative estimate of drug-likeness (QED) is 0.397. The van der Waals surface area contributed by atoms with Crippen molar-refractivity contribution >= 4 is 32.9 Å². The molecule has 1 fully saturated rings. The summed E-state index contributed by atoms with van der Waals surface area (Å²) < 4.78 is 0.932. The number of phenolic OH excluding ortho intramolecular Hbond substituents is 1. The highest BCUT2D eigenvalue weighted by Gasteiger charge is 2.16. The highest BCUT2D eigenvalue weighted by Crippen LogP contribution is 2.42. The van der Waals surface area contributed by atoms with Crippen molar-refractivity contribution < 1.29 is 5.11 Å². The summed E-state index contributed by atoms with van der Waals surface area (Å²) in [5.74, 6) is 0.388. The van der Waals surface area contributed by atoms with Crippen molar-refractivity contribution in [3.05, 3.63) is 57.9 Å². The molecule has 134 valence electrons. The molecule has 4 rings (SSSR count). The minimum Gasteiger partial charge on any atom is -0.508 e. The predicted molar refractivity (Wildman–Crippen MR) is 115 cm³/mol. The Morgan fingerprint density at radius 3 is 2.46 bits per heavy atom. The van der Waals surface area contributed by atoms with E-state index in [1.54, 1.807) is 20.7 Å². The van der Waals surface area contributed by atoms with Gasteiger partial charge in [-0.25, -0.2) is 0 Å². The first-order valence-electron chi connectivity index (χ1n) is 8.95. The van der Waals surface area contributed by atoms with Gasteiger partial charge in [0.1, 0.15) is 9.57 Å². The number of hydrogen-bond donors (Lipinski definition) is 1. The maximum Gasteiger partial charge on any atom is 0.120 e. The number of hydrogen-bond acceptors (Lipinski definition) is 5. The number of rotatable bonds is 4. The molecule has 1 N–H and O–H groups in total. The Bertz CT molecular complexity index is 939. The molecule has 2 aromatic carbocycles. The maximum absolute atomic E-state index is 10.4. The second kappa shape index (κ2) is 8.01. The Morgan fingerprint density at radius 2 is 1.69 bits per heavy atom. The largest absolute Gasteiger partial charge is 0.508 e. The molecule has 0 aliphatic carbocycles. The predicted octanol–water partition coefficient (Wildman–Crippen LogP) is 6.56. The molecule has 1 aliphatic rings. The molecule has 0 spiro atoms. The fraction of sp³-hybridized carbons (Fsp3) is 0.286. The summed E-state index contributed by atoms with van der Waals surface area (Å²) in [5, 5.41) is 10.4. The Morgan fingerprint density at radius 1 is 0.923 bits per heavy atom. The Balaban J connectivity index is 1.71. The van der Waals surface area contributed by atoms with Crippen LogP contribution in [0.4, 0.5) is 0 Å². The first kappa shape index (κ1) is 17.9. The van der Waals surface area contributed by atoms with Crippen LogP contribution < -0.4 is 0 Å². The SMILES string of the molecule is Oc1ccc(-c2ssc(=S)c2-c2ccccc2)cc1CN1CCCCC1. The Labute approximate surface area is 166 Å². The van der Waals surface area contributed by atoms with E-state index in [0.29, 0.717) is 5.75 Å². The summed E-state index contributed by atoms with van der Waals surface area (Å²) in [6.45, 7) is 3.06. The van der Waals surface area contributed by atoms with Gasteiger partial charge in [-0.15, -0.1) is 0 Å². The highest BCUT2D eigenvalue weighted by atomic mass is 32.9. The van der Waals surface area contributed by atoms with E-state index in [1.165, 1.54) is 24.1 Å². The Kier molecular flexibility index (Phi) is 5.50. The zero-order valence-electron chi connectivity index (χ0n) is 14.5. The molecule has 5 heteroatoms. The van der Waals surface area contributed by atoms with E-state index in [1.807, 2.05) is 18.2 Å². The van der Waals surface area contributed by atoms with Gasteiger partial charge < -0.3 is 5.11 Å². The van der Waals surface area contributed by atoms with Gasteiger partial charge in [0.05, 0.1) is 4.88 Å². The van der Waals surface area contributed by atoms with Gasteiger partial charge >= 0.3 is 0 Å². The van der Waals surface area contributed by atoms with E-state index < -0.39 is 0 Å². The van der Waals surface area contributed by atoms with Crippen molar-refractivity contribution in [1.29, 1.82) is 0 Å². The molecule has 0 unspecified atom stereocenters. The minimum atomic E-state index is 0.388. The molecule has 0 saturated carbocycles. The van der Waals surface area contributed by atoms with Crippen LogP contribution in [0.3, 0.4) is 0 Å². The molecule has 1 aliphatic heterocycles. The first-order valence-corrected chi connectivity index (χ1v) is 11.5. The standard InChI is InChI=1S/C21H21NOS3/c23-18-10-9-16(13-17(18)14-22-11-5-2-6-12-22)20-19(21(24)26-25-20)15-7-3-1-4-8-15/h1,3-4,7-10,13,23H,2,5-6,11-12,14H2. The lowest BCUT2D eigenvalue weighted by atomic mass is 10.0. The molecule has 2 heterocycles. The fourth-order valence-corrected chi connectivity index (χ4v) is 6.42. The number of likely N-dealkylation sites (tertiary alicyclic amines) is 1. The summed E-state index contributed by atoms with van der Waals surface area (Å²) in [6.07, 6.45) is 3.83. The molecular formula is C21H21NOS3. The van der Waals surface area contributed by atoms with E-state index in [4.69, 9.17) is 12.2 Å². The molecule has 0 radical (unpaired) electrons. The number of phenols is 1. The van der Waals surface area contributed by atoms with Gasteiger partial charge in [0.15, 0.2) is 0 Å². The molecule has 2 nitrogen and oxygen atoms in total. The van der Waals surface area contributed by atoms with Crippen molar-refractivity contribution in [3.8, 4) is 27.3 Å². The third-order valence-corrected chi connectivity index (χ3v) is 7.94. The summed E-state index contributed by atoms with van der Waals surface area (Å²) in [7, 11) is 3.38. The van der Waals surface area contributed by atoms with Gasteiger partial charge in [0.25, 0.3) is 0 Å². The molecule has 0 atom stereocenters. The van der Waals surface area contributed by atoms with Crippen molar-refractivity contribution in [1.82, 2.24) is 4.90 Å². The lowest BCUT2D eigenvalue weighted by Crippen LogP contribution is -2.29. The second-order valence-electron chi connectivity index (χ2n) is 6.70. The van der Waals surface area contributed by atoms with Crippen LogP contribution in [-0.2, 0) is 6.54 Å². The first-order chi connectivity index (χ1) is 12.7. The zero-order chi connectivity index (χ0) is 17.9. The molecule has 0 amide bonds. The summed E-state index contributed by atoms with van der Waals surface area (Å²) in [6, 6.07) is 16.3. The molecule has 26 heavy (non-hydrogen) atoms. The van der Waals surface area contributed by atoms with Gasteiger partial charge in [-0.3, -0.25) is 4.90 Å². The normalized spacial score (nSPS) is 15.2. The fourth-order valence-electron chi connectivity index (χ4n) is 3.51. The van der Waals surface area contributed by atoms with Crippen molar-refractivity contribution in [2.75, 3.05) is 13.1 Å². The monoisotopic (exact) mass is 399 g/mol. The number of piperidine rings is 1. The topological polar surface area (TPSA) is 23.5 Å². The van der Waals surface area contributed by atoms with Crippen LogP contribution in [-0.4, -0.2) is 23.1 Å².